The van der Waals surface area contributed by atoms with Gasteiger partial charge in [0.15, 0.2) is 5.75 Å². The molecule has 0 radical (unpaired) electrons. The minimum absolute atomic E-state index is 0.0765. The number of aliphatic hydroxyl groups excluding tert-OH is 1. The molecule has 0 fully saturated rings. The van der Waals surface area contributed by atoms with E-state index in [1.807, 2.05) is 0 Å². The van der Waals surface area contributed by atoms with Crippen molar-refractivity contribution >= 4 is 5.69 Å². The number of hydrogen-bond acceptors (Lipinski definition) is 6. The summed E-state index contributed by atoms with van der Waals surface area (Å²) in [6, 6.07) is 3.00. The molecule has 1 atom stereocenters. The van der Waals surface area contributed by atoms with Crippen molar-refractivity contribution in [2.45, 2.75) is 6.10 Å². The third-order valence-corrected chi connectivity index (χ3v) is 2.41. The fourth-order valence-corrected chi connectivity index (χ4v) is 1.44. The number of ether oxygens (including phenoxy) is 2. The number of nitro groups is 1. The number of nitro benzene ring substituents is 1. The molecule has 0 aliphatic heterocycles. The zero-order valence-electron chi connectivity index (χ0n) is 11.0. The lowest BCUT2D eigenvalue weighted by molar-refractivity contribution is -0.386. The molecule has 1 rings (SSSR count). The molecule has 0 saturated carbocycles. The molecule has 0 aliphatic carbocycles. The van der Waals surface area contributed by atoms with Crippen LogP contribution >= 0.6 is 0 Å². The van der Waals surface area contributed by atoms with Crippen molar-refractivity contribution in [3.05, 3.63) is 34.1 Å². The molecular formula is C12H17FN2O5. The minimum atomic E-state index is -0.837. The summed E-state index contributed by atoms with van der Waals surface area (Å²) in [5, 5.41) is 23.3. The normalized spacial score (nSPS) is 12.2. The van der Waals surface area contributed by atoms with Crippen LogP contribution in [0.25, 0.3) is 0 Å². The second-order valence-electron chi connectivity index (χ2n) is 4.03. The summed E-state index contributed by atoms with van der Waals surface area (Å²) in [6.07, 6.45) is -0.837. The van der Waals surface area contributed by atoms with Crippen molar-refractivity contribution in [2.75, 3.05) is 33.4 Å². The molecule has 0 aromatic heterocycles. The molecular weight excluding hydrogens is 271 g/mol. The summed E-state index contributed by atoms with van der Waals surface area (Å²) >= 11 is 0. The Morgan fingerprint density at radius 3 is 2.95 bits per heavy atom. The predicted octanol–water partition coefficient (Wildman–Crippen LogP) is 0.710. The highest BCUT2D eigenvalue weighted by molar-refractivity contribution is 5.46. The average molecular weight is 288 g/mol. The monoisotopic (exact) mass is 288 g/mol. The molecule has 1 aromatic carbocycles. The largest absolute Gasteiger partial charge is 0.484 e. The molecule has 0 saturated heterocycles. The third-order valence-electron chi connectivity index (χ3n) is 2.41. The number of halogens is 1. The van der Waals surface area contributed by atoms with E-state index in [-0.39, 0.29) is 18.9 Å². The molecule has 112 valence electrons. The van der Waals surface area contributed by atoms with Crippen molar-refractivity contribution in [1.29, 1.82) is 0 Å². The fourth-order valence-electron chi connectivity index (χ4n) is 1.44. The SMILES string of the molecule is COCCNCC(O)COc1ccc(F)cc1[N+](=O)[O-]. The maximum atomic E-state index is 12.9. The van der Waals surface area contributed by atoms with Crippen LogP contribution in [0.4, 0.5) is 10.1 Å². The smallest absolute Gasteiger partial charge is 0.313 e. The van der Waals surface area contributed by atoms with Gasteiger partial charge in [0.2, 0.25) is 0 Å². The maximum Gasteiger partial charge on any atom is 0.313 e. The quantitative estimate of drug-likeness (QED) is 0.395. The van der Waals surface area contributed by atoms with Crippen molar-refractivity contribution in [1.82, 2.24) is 5.32 Å². The highest BCUT2D eigenvalue weighted by atomic mass is 19.1. The van der Waals surface area contributed by atoms with Gasteiger partial charge in [0.1, 0.15) is 18.5 Å². The molecule has 0 spiro atoms. The van der Waals surface area contributed by atoms with Gasteiger partial charge in [0.05, 0.1) is 17.6 Å². The topological polar surface area (TPSA) is 93.9 Å². The van der Waals surface area contributed by atoms with Crippen LogP contribution in [-0.4, -0.2) is 49.5 Å². The highest BCUT2D eigenvalue weighted by Gasteiger charge is 2.17. The molecule has 0 amide bonds. The van der Waals surface area contributed by atoms with Crippen LogP contribution in [0.5, 0.6) is 5.75 Å². The molecule has 1 aromatic rings. The number of rotatable bonds is 9. The van der Waals surface area contributed by atoms with Gasteiger partial charge in [0, 0.05) is 20.2 Å². The van der Waals surface area contributed by atoms with E-state index in [1.54, 1.807) is 7.11 Å². The van der Waals surface area contributed by atoms with Gasteiger partial charge in [-0.1, -0.05) is 0 Å². The molecule has 20 heavy (non-hydrogen) atoms. The second kappa shape index (κ2) is 8.41. The number of aliphatic hydroxyl groups is 1. The number of methoxy groups -OCH3 is 1. The van der Waals surface area contributed by atoms with Crippen LogP contribution in [0.15, 0.2) is 18.2 Å². The minimum Gasteiger partial charge on any atom is -0.484 e. The number of benzene rings is 1. The number of hydrogen-bond donors (Lipinski definition) is 2. The summed E-state index contributed by atoms with van der Waals surface area (Å²) in [5.74, 6) is -0.793. The van der Waals surface area contributed by atoms with Gasteiger partial charge in [-0.2, -0.15) is 0 Å². The Morgan fingerprint density at radius 1 is 1.55 bits per heavy atom. The van der Waals surface area contributed by atoms with Gasteiger partial charge in [-0.3, -0.25) is 10.1 Å². The molecule has 7 nitrogen and oxygen atoms in total. The van der Waals surface area contributed by atoms with Crippen LogP contribution in [-0.2, 0) is 4.74 Å². The zero-order chi connectivity index (χ0) is 15.0. The second-order valence-corrected chi connectivity index (χ2v) is 4.03. The van der Waals surface area contributed by atoms with Gasteiger partial charge in [0.25, 0.3) is 0 Å². The van der Waals surface area contributed by atoms with Gasteiger partial charge < -0.3 is 19.9 Å². The Hall–Kier alpha value is -1.77. The van der Waals surface area contributed by atoms with E-state index in [0.717, 1.165) is 12.1 Å². The standard InChI is InChI=1S/C12H17FN2O5/c1-19-5-4-14-7-10(16)8-20-12-3-2-9(13)6-11(12)15(17)18/h2-3,6,10,14,16H,4-5,7-8H2,1H3. The first-order valence-corrected chi connectivity index (χ1v) is 5.99. The summed E-state index contributed by atoms with van der Waals surface area (Å²) in [5.41, 5.74) is -0.468. The van der Waals surface area contributed by atoms with E-state index in [1.165, 1.54) is 6.07 Å². The summed E-state index contributed by atoms with van der Waals surface area (Å²) < 4.78 is 22.9. The van der Waals surface area contributed by atoms with Crippen molar-refractivity contribution in [3.8, 4) is 5.75 Å². The Morgan fingerprint density at radius 2 is 2.30 bits per heavy atom. The molecule has 0 bridgehead atoms. The average Bonchev–Trinajstić information content (AvgIpc) is 2.42. The molecule has 8 heteroatoms. The van der Waals surface area contributed by atoms with Crippen LogP contribution in [0.1, 0.15) is 0 Å². The highest BCUT2D eigenvalue weighted by Crippen LogP contribution is 2.27. The Balaban J connectivity index is 2.46. The molecule has 1 unspecified atom stereocenters. The summed E-state index contributed by atoms with van der Waals surface area (Å²) in [4.78, 5) is 10.00. The van der Waals surface area contributed by atoms with Gasteiger partial charge >= 0.3 is 5.69 Å². The number of nitrogens with one attached hydrogen (secondary N) is 1. The Bertz CT molecular complexity index is 444. The van der Waals surface area contributed by atoms with Crippen molar-refractivity contribution < 1.29 is 23.9 Å². The summed E-state index contributed by atoms with van der Waals surface area (Å²) in [6.45, 7) is 1.21. The lowest BCUT2D eigenvalue weighted by Gasteiger charge is -2.13. The van der Waals surface area contributed by atoms with Crippen LogP contribution in [0.2, 0.25) is 0 Å². The first kappa shape index (κ1) is 16.3. The lowest BCUT2D eigenvalue weighted by Crippen LogP contribution is -2.33. The van der Waals surface area contributed by atoms with E-state index in [9.17, 15) is 19.6 Å². The molecule has 0 heterocycles. The number of nitrogens with zero attached hydrogens (tertiary/aromatic N) is 1. The fraction of sp³-hybridized carbons (Fsp3) is 0.500. The maximum absolute atomic E-state index is 12.9. The lowest BCUT2D eigenvalue weighted by atomic mass is 10.3. The van der Waals surface area contributed by atoms with E-state index in [0.29, 0.717) is 13.2 Å². The Kier molecular flexibility index (Phi) is 6.85. The van der Waals surface area contributed by atoms with E-state index in [2.05, 4.69) is 5.32 Å². The Labute approximate surface area is 115 Å². The van der Waals surface area contributed by atoms with Crippen LogP contribution in [0, 0.1) is 15.9 Å². The predicted molar refractivity (Wildman–Crippen MR) is 69.3 cm³/mol. The first-order chi connectivity index (χ1) is 9.54. The van der Waals surface area contributed by atoms with E-state index < -0.39 is 22.5 Å². The van der Waals surface area contributed by atoms with Gasteiger partial charge in [-0.15, -0.1) is 0 Å². The van der Waals surface area contributed by atoms with Crippen molar-refractivity contribution in [2.24, 2.45) is 0 Å². The first-order valence-electron chi connectivity index (χ1n) is 5.99. The summed E-state index contributed by atoms with van der Waals surface area (Å²) in [7, 11) is 1.56. The van der Waals surface area contributed by atoms with Crippen LogP contribution in [0.3, 0.4) is 0 Å². The van der Waals surface area contributed by atoms with E-state index in [4.69, 9.17) is 9.47 Å². The zero-order valence-corrected chi connectivity index (χ0v) is 11.0. The van der Waals surface area contributed by atoms with Gasteiger partial charge in [-0.05, 0) is 12.1 Å². The van der Waals surface area contributed by atoms with Crippen molar-refractivity contribution in [3.63, 3.8) is 0 Å². The van der Waals surface area contributed by atoms with Crippen LogP contribution < -0.4 is 10.1 Å². The molecule has 0 aliphatic rings. The van der Waals surface area contributed by atoms with E-state index >= 15 is 0 Å². The molecule has 2 N–H and O–H groups in total. The third kappa shape index (κ3) is 5.47. The van der Waals surface area contributed by atoms with Gasteiger partial charge in [-0.25, -0.2) is 4.39 Å².